The number of hydrogen-bond donors (Lipinski definition) is 2. The minimum atomic E-state index is 0.0389. The molecule has 0 aliphatic carbocycles. The summed E-state index contributed by atoms with van der Waals surface area (Å²) in [7, 11) is 1.61. The number of rotatable bonds is 6. The van der Waals surface area contributed by atoms with Crippen LogP contribution in [-0.4, -0.2) is 27.0 Å². The maximum absolute atomic E-state index is 5.84. The molecule has 0 saturated carbocycles. The molecule has 0 radical (unpaired) electrons. The van der Waals surface area contributed by atoms with Gasteiger partial charge in [0, 0.05) is 25.6 Å². The molecule has 1 aliphatic rings. The van der Waals surface area contributed by atoms with E-state index in [1.807, 2.05) is 19.1 Å². The second-order valence-corrected chi connectivity index (χ2v) is 4.38. The fourth-order valence-corrected chi connectivity index (χ4v) is 2.12. The lowest BCUT2D eigenvalue weighted by atomic mass is 10.1. The Bertz CT molecular complexity index is 520. The molecule has 3 N–H and O–H groups in total. The van der Waals surface area contributed by atoms with Gasteiger partial charge in [-0.1, -0.05) is 0 Å². The molecule has 5 nitrogen and oxygen atoms in total. The van der Waals surface area contributed by atoms with Gasteiger partial charge >= 0.3 is 0 Å². The molecule has 0 aromatic heterocycles. The predicted molar refractivity (Wildman–Crippen MR) is 77.0 cm³/mol. The fourth-order valence-electron chi connectivity index (χ4n) is 2.12. The van der Waals surface area contributed by atoms with Gasteiger partial charge in [-0.25, -0.2) is 0 Å². The average molecular weight is 276 g/mol. The summed E-state index contributed by atoms with van der Waals surface area (Å²) in [5, 5.41) is 3.38. The lowest BCUT2D eigenvalue weighted by molar-refractivity contribution is 0.171. The minimum Gasteiger partial charge on any atom is -0.493 e. The molecule has 1 atom stereocenters. The number of benzene rings is 1. The Hall–Kier alpha value is -1.90. The van der Waals surface area contributed by atoms with E-state index in [9.17, 15) is 0 Å². The molecule has 1 aliphatic heterocycles. The maximum Gasteiger partial charge on any atom is 0.231 e. The zero-order valence-corrected chi connectivity index (χ0v) is 11.9. The number of methoxy groups -OCH3 is 1. The zero-order chi connectivity index (χ0) is 14.4. The summed E-state index contributed by atoms with van der Waals surface area (Å²) in [6.45, 7) is 3.34. The molecule has 1 unspecified atom stereocenters. The van der Waals surface area contributed by atoms with Crippen LogP contribution in [0.2, 0.25) is 0 Å². The molecule has 20 heavy (non-hydrogen) atoms. The first-order valence-corrected chi connectivity index (χ1v) is 6.60. The van der Waals surface area contributed by atoms with Crippen LogP contribution in [0.1, 0.15) is 24.9 Å². The SMILES string of the molecule is CC#CCCNC(CN)c1cc(OC)c2c(c1)OCO2. The lowest BCUT2D eigenvalue weighted by Gasteiger charge is -2.18. The summed E-state index contributed by atoms with van der Waals surface area (Å²) in [6, 6.07) is 3.92. The standard InChI is InChI=1S/C15H20N2O3/c1-3-4-5-6-17-12(9-16)11-7-13(18-2)15-14(8-11)19-10-20-15/h7-8,12,17H,5-6,9-10,16H2,1-2H3. The van der Waals surface area contributed by atoms with Gasteiger partial charge < -0.3 is 25.3 Å². The van der Waals surface area contributed by atoms with Crippen molar-refractivity contribution in [3.63, 3.8) is 0 Å². The van der Waals surface area contributed by atoms with Crippen molar-refractivity contribution in [2.75, 3.05) is 27.0 Å². The van der Waals surface area contributed by atoms with Crippen LogP contribution in [0, 0.1) is 11.8 Å². The van der Waals surface area contributed by atoms with Crippen LogP contribution in [-0.2, 0) is 0 Å². The number of fused-ring (bicyclic) bond motifs is 1. The predicted octanol–water partition coefficient (Wildman–Crippen LogP) is 1.43. The summed E-state index contributed by atoms with van der Waals surface area (Å²) in [6.07, 6.45) is 0.800. The topological polar surface area (TPSA) is 65.7 Å². The molecule has 2 rings (SSSR count). The fraction of sp³-hybridized carbons (Fsp3) is 0.467. The van der Waals surface area contributed by atoms with Crippen molar-refractivity contribution in [2.45, 2.75) is 19.4 Å². The van der Waals surface area contributed by atoms with Crippen LogP contribution in [0.5, 0.6) is 17.2 Å². The van der Waals surface area contributed by atoms with Crippen LogP contribution in [0.4, 0.5) is 0 Å². The van der Waals surface area contributed by atoms with Crippen LogP contribution < -0.4 is 25.3 Å². The Morgan fingerprint density at radius 1 is 1.45 bits per heavy atom. The highest BCUT2D eigenvalue weighted by molar-refractivity contribution is 5.55. The van der Waals surface area contributed by atoms with Gasteiger partial charge in [0.1, 0.15) is 0 Å². The highest BCUT2D eigenvalue weighted by atomic mass is 16.7. The van der Waals surface area contributed by atoms with E-state index in [1.54, 1.807) is 7.11 Å². The lowest BCUT2D eigenvalue weighted by Crippen LogP contribution is -2.28. The Morgan fingerprint density at radius 3 is 3.00 bits per heavy atom. The highest BCUT2D eigenvalue weighted by Crippen LogP contribution is 2.42. The van der Waals surface area contributed by atoms with Crippen molar-refractivity contribution >= 4 is 0 Å². The van der Waals surface area contributed by atoms with E-state index in [-0.39, 0.29) is 12.8 Å². The van der Waals surface area contributed by atoms with Gasteiger partial charge in [0.05, 0.1) is 7.11 Å². The minimum absolute atomic E-state index is 0.0389. The average Bonchev–Trinajstić information content (AvgIpc) is 2.94. The molecule has 0 bridgehead atoms. The van der Waals surface area contributed by atoms with Crippen molar-refractivity contribution < 1.29 is 14.2 Å². The molecule has 0 amide bonds. The number of hydrogen-bond acceptors (Lipinski definition) is 5. The Balaban J connectivity index is 2.14. The summed E-state index contributed by atoms with van der Waals surface area (Å²) in [5.74, 6) is 7.92. The van der Waals surface area contributed by atoms with Crippen LogP contribution >= 0.6 is 0 Å². The first-order valence-electron chi connectivity index (χ1n) is 6.60. The van der Waals surface area contributed by atoms with Crippen molar-refractivity contribution in [1.29, 1.82) is 0 Å². The van der Waals surface area contributed by atoms with E-state index in [2.05, 4.69) is 17.2 Å². The van der Waals surface area contributed by atoms with Crippen molar-refractivity contribution in [3.8, 4) is 29.1 Å². The molecule has 1 aromatic carbocycles. The molecule has 5 heteroatoms. The van der Waals surface area contributed by atoms with E-state index < -0.39 is 0 Å². The Morgan fingerprint density at radius 2 is 2.30 bits per heavy atom. The van der Waals surface area contributed by atoms with Crippen molar-refractivity contribution in [2.24, 2.45) is 5.73 Å². The smallest absolute Gasteiger partial charge is 0.231 e. The van der Waals surface area contributed by atoms with Gasteiger partial charge in [-0.15, -0.1) is 11.8 Å². The van der Waals surface area contributed by atoms with Gasteiger partial charge in [0.2, 0.25) is 12.5 Å². The highest BCUT2D eigenvalue weighted by Gasteiger charge is 2.22. The van der Waals surface area contributed by atoms with Crippen LogP contribution in [0.25, 0.3) is 0 Å². The molecule has 108 valence electrons. The second-order valence-electron chi connectivity index (χ2n) is 4.38. The number of nitrogens with one attached hydrogen (secondary N) is 1. The van der Waals surface area contributed by atoms with Crippen LogP contribution in [0.3, 0.4) is 0 Å². The Kier molecular flexibility index (Phi) is 5.10. The molecule has 1 heterocycles. The van der Waals surface area contributed by atoms with Gasteiger partial charge in [-0.2, -0.15) is 0 Å². The second kappa shape index (κ2) is 7.04. The van der Waals surface area contributed by atoms with Gasteiger partial charge in [-0.05, 0) is 24.6 Å². The van der Waals surface area contributed by atoms with Crippen molar-refractivity contribution in [1.82, 2.24) is 5.32 Å². The van der Waals surface area contributed by atoms with Gasteiger partial charge in [0.15, 0.2) is 11.5 Å². The third-order valence-electron chi connectivity index (χ3n) is 3.14. The number of ether oxygens (including phenoxy) is 3. The molecule has 1 aromatic rings. The monoisotopic (exact) mass is 276 g/mol. The van der Waals surface area contributed by atoms with Crippen LogP contribution in [0.15, 0.2) is 12.1 Å². The molecule has 0 saturated heterocycles. The molecular formula is C15H20N2O3. The first-order chi connectivity index (χ1) is 9.80. The summed E-state index contributed by atoms with van der Waals surface area (Å²) >= 11 is 0. The third kappa shape index (κ3) is 3.16. The molecule has 0 fully saturated rings. The summed E-state index contributed by atoms with van der Waals surface area (Å²) < 4.78 is 16.2. The normalized spacial score (nSPS) is 13.6. The quantitative estimate of drug-likeness (QED) is 0.608. The van der Waals surface area contributed by atoms with Gasteiger partial charge in [0.25, 0.3) is 0 Å². The first kappa shape index (κ1) is 14.5. The Labute approximate surface area is 119 Å². The number of nitrogens with two attached hydrogens (primary N) is 1. The maximum atomic E-state index is 5.84. The molecular weight excluding hydrogens is 256 g/mol. The zero-order valence-electron chi connectivity index (χ0n) is 11.9. The van der Waals surface area contributed by atoms with E-state index in [0.717, 1.165) is 18.5 Å². The largest absolute Gasteiger partial charge is 0.493 e. The van der Waals surface area contributed by atoms with E-state index >= 15 is 0 Å². The van der Waals surface area contributed by atoms with Crippen molar-refractivity contribution in [3.05, 3.63) is 17.7 Å². The summed E-state index contributed by atoms with van der Waals surface area (Å²) in [4.78, 5) is 0. The van der Waals surface area contributed by atoms with E-state index in [4.69, 9.17) is 19.9 Å². The molecule has 0 spiro atoms. The van der Waals surface area contributed by atoms with E-state index in [0.29, 0.717) is 23.8 Å². The third-order valence-corrected chi connectivity index (χ3v) is 3.14. The summed E-state index contributed by atoms with van der Waals surface area (Å²) in [5.41, 5.74) is 6.87. The van der Waals surface area contributed by atoms with Gasteiger partial charge in [-0.3, -0.25) is 0 Å². The van der Waals surface area contributed by atoms with E-state index in [1.165, 1.54) is 0 Å².